The number of aliphatic hydroxyl groups is 1. The molecule has 19 heteroatoms. The number of hydrogen-bond acceptors (Lipinski definition) is 15. The number of rotatable bonds is 77. The number of carbonyl (C=O) groups excluding carboxylic acids is 4. The van der Waals surface area contributed by atoms with Gasteiger partial charge >= 0.3 is 39.5 Å². The number of ether oxygens (including phenoxy) is 4. The van der Waals surface area contributed by atoms with Crippen LogP contribution in [0.25, 0.3) is 0 Å². The molecule has 17 nitrogen and oxygen atoms in total. The standard InChI is InChI=1S/C81H154O17P2/c1-8-9-10-11-12-13-14-15-20-25-31-36-41-50-57-64-80(85)97-76(68-91-78(83)62-55-48-40-35-30-24-22-19-17-16-18-21-23-28-33-38-45-52-59-72(2)3)70-95-99(87,88)93-66-75(82)67-94-100(89,90)96-71-77(69-92-79(84)63-56-49-44-43-47-54-61-74(6)7)98-81(86)65-58-51-42-37-32-27-26-29-34-39-46-53-60-73(4)5/h13-15,20,72-77,82H,8-12,16-19,21-71H2,1-7H3,(H,87,88)(H,89,90)/b14-13-,20-15-/t75-,76-,77-/m1/s1. The number of phosphoric ester groups is 2. The number of hydrogen-bond donors (Lipinski definition) is 3. The van der Waals surface area contributed by atoms with E-state index < -0.39 is 97.5 Å². The molecule has 0 spiro atoms. The van der Waals surface area contributed by atoms with Gasteiger partial charge in [0, 0.05) is 25.7 Å². The topological polar surface area (TPSA) is 237 Å². The third kappa shape index (κ3) is 73.8. The van der Waals surface area contributed by atoms with Gasteiger partial charge < -0.3 is 33.8 Å². The first-order chi connectivity index (χ1) is 48.2. The van der Waals surface area contributed by atoms with Gasteiger partial charge in [-0.05, 0) is 69.1 Å². The number of aliphatic hydroxyl groups excluding tert-OH is 1. The molecule has 0 saturated heterocycles. The highest BCUT2D eigenvalue weighted by molar-refractivity contribution is 7.47. The normalized spacial score (nSPS) is 14.1. The minimum absolute atomic E-state index is 0.0852. The van der Waals surface area contributed by atoms with Gasteiger partial charge in [0.05, 0.1) is 26.4 Å². The molecule has 0 aliphatic carbocycles. The van der Waals surface area contributed by atoms with Gasteiger partial charge in [-0.3, -0.25) is 37.3 Å². The maximum atomic E-state index is 13.1. The zero-order valence-corrected chi connectivity index (χ0v) is 66.9. The van der Waals surface area contributed by atoms with Crippen LogP contribution in [-0.2, 0) is 65.4 Å². The second-order valence-electron chi connectivity index (χ2n) is 29.9. The van der Waals surface area contributed by atoms with Gasteiger partial charge in [0.25, 0.3) is 0 Å². The van der Waals surface area contributed by atoms with E-state index in [1.807, 2.05) is 0 Å². The molecule has 100 heavy (non-hydrogen) atoms. The molecule has 0 bridgehead atoms. The van der Waals surface area contributed by atoms with E-state index in [9.17, 15) is 43.2 Å². The van der Waals surface area contributed by atoms with Crippen LogP contribution in [0.15, 0.2) is 24.3 Å². The lowest BCUT2D eigenvalue weighted by molar-refractivity contribution is -0.161. The summed E-state index contributed by atoms with van der Waals surface area (Å²) in [5.74, 6) is 0.130. The van der Waals surface area contributed by atoms with Crippen LogP contribution < -0.4 is 0 Å². The highest BCUT2D eigenvalue weighted by atomic mass is 31.2. The lowest BCUT2D eigenvalue weighted by Crippen LogP contribution is -2.30. The van der Waals surface area contributed by atoms with Crippen LogP contribution in [-0.4, -0.2) is 96.7 Å². The third-order valence-corrected chi connectivity index (χ3v) is 20.2. The van der Waals surface area contributed by atoms with Crippen molar-refractivity contribution in [1.29, 1.82) is 0 Å². The van der Waals surface area contributed by atoms with Crippen LogP contribution in [0.2, 0.25) is 0 Å². The molecule has 5 atom stereocenters. The number of esters is 4. The lowest BCUT2D eigenvalue weighted by atomic mass is 10.0. The minimum Gasteiger partial charge on any atom is -0.462 e. The summed E-state index contributed by atoms with van der Waals surface area (Å²) < 4.78 is 68.6. The SMILES string of the molecule is CCCCCC/C=C\C=C/CCCCCCCC(=O)O[C@H](COC(=O)CCCCCCCCCCCCCCCCCCCCC(C)C)COP(=O)(O)OC[C@@H](O)COP(=O)(O)OC[C@@H](COC(=O)CCCCCCCCC(C)C)OC(=O)CCCCCCCCCCCCCCC(C)C. The van der Waals surface area contributed by atoms with Crippen molar-refractivity contribution < 1.29 is 80.2 Å². The Labute approximate surface area is 612 Å². The molecule has 0 rings (SSSR count). The molecule has 0 aliphatic heterocycles. The van der Waals surface area contributed by atoms with Gasteiger partial charge in [-0.2, -0.15) is 0 Å². The van der Waals surface area contributed by atoms with Crippen LogP contribution in [0, 0.1) is 17.8 Å². The number of allylic oxidation sites excluding steroid dienone is 4. The molecular weight excluding hydrogens is 1310 g/mol. The molecule has 0 aromatic rings. The first-order valence-electron chi connectivity index (χ1n) is 41.2. The van der Waals surface area contributed by atoms with Crippen LogP contribution in [0.4, 0.5) is 0 Å². The Morgan fingerprint density at radius 1 is 0.310 bits per heavy atom. The zero-order chi connectivity index (χ0) is 73.7. The monoisotopic (exact) mass is 1460 g/mol. The van der Waals surface area contributed by atoms with Crippen LogP contribution in [0.5, 0.6) is 0 Å². The van der Waals surface area contributed by atoms with E-state index in [1.54, 1.807) is 0 Å². The number of carbonyl (C=O) groups is 4. The molecule has 0 aliphatic rings. The Morgan fingerprint density at radius 3 is 0.810 bits per heavy atom. The van der Waals surface area contributed by atoms with Crippen molar-refractivity contribution in [2.45, 2.75) is 414 Å². The van der Waals surface area contributed by atoms with Crippen LogP contribution >= 0.6 is 15.6 Å². The molecule has 0 saturated carbocycles. The minimum atomic E-state index is -4.97. The first kappa shape index (κ1) is 97.5. The quantitative estimate of drug-likeness (QED) is 0.0169. The summed E-state index contributed by atoms with van der Waals surface area (Å²) >= 11 is 0. The zero-order valence-electron chi connectivity index (χ0n) is 65.2. The van der Waals surface area contributed by atoms with Crippen LogP contribution in [0.1, 0.15) is 395 Å². The van der Waals surface area contributed by atoms with E-state index in [1.165, 1.54) is 186 Å². The van der Waals surface area contributed by atoms with Crippen molar-refractivity contribution in [3.63, 3.8) is 0 Å². The van der Waals surface area contributed by atoms with E-state index in [0.29, 0.717) is 31.6 Å². The predicted octanol–water partition coefficient (Wildman–Crippen LogP) is 23.7. The average Bonchev–Trinajstić information content (AvgIpc) is 0.964. The van der Waals surface area contributed by atoms with Crippen molar-refractivity contribution >= 4 is 39.5 Å². The summed E-state index contributed by atoms with van der Waals surface area (Å²) in [7, 11) is -9.93. The van der Waals surface area contributed by atoms with Gasteiger partial charge in [-0.25, -0.2) is 9.13 Å². The van der Waals surface area contributed by atoms with E-state index in [4.69, 9.17) is 37.0 Å². The second-order valence-corrected chi connectivity index (χ2v) is 32.8. The lowest BCUT2D eigenvalue weighted by Gasteiger charge is -2.21. The summed E-state index contributed by atoms with van der Waals surface area (Å²) in [5.41, 5.74) is 0. The van der Waals surface area contributed by atoms with Crippen molar-refractivity contribution in [2.24, 2.45) is 17.8 Å². The molecule has 3 N–H and O–H groups in total. The Morgan fingerprint density at radius 2 is 0.540 bits per heavy atom. The van der Waals surface area contributed by atoms with Crippen molar-refractivity contribution in [2.75, 3.05) is 39.6 Å². The fourth-order valence-corrected chi connectivity index (χ4v) is 13.5. The molecule has 0 heterocycles. The molecule has 0 aromatic carbocycles. The summed E-state index contributed by atoms with van der Waals surface area (Å²) in [4.78, 5) is 72.9. The number of unbranched alkanes of at least 4 members (excludes halogenated alkanes) is 42. The second kappa shape index (κ2) is 70.8. The van der Waals surface area contributed by atoms with E-state index >= 15 is 0 Å². The summed E-state index contributed by atoms with van der Waals surface area (Å²) in [6.07, 6.45) is 62.1. The smallest absolute Gasteiger partial charge is 0.462 e. The Kier molecular flexibility index (Phi) is 69.1. The van der Waals surface area contributed by atoms with Gasteiger partial charge in [0.15, 0.2) is 12.2 Å². The summed E-state index contributed by atoms with van der Waals surface area (Å²) in [6.45, 7) is 11.8. The molecular formula is C81H154O17P2. The fourth-order valence-electron chi connectivity index (χ4n) is 11.9. The van der Waals surface area contributed by atoms with Gasteiger partial charge in [-0.1, -0.05) is 342 Å². The first-order valence-corrected chi connectivity index (χ1v) is 44.2. The summed E-state index contributed by atoms with van der Waals surface area (Å²) in [6, 6.07) is 0. The largest absolute Gasteiger partial charge is 0.472 e. The molecule has 0 amide bonds. The van der Waals surface area contributed by atoms with E-state index in [2.05, 4.69) is 72.8 Å². The van der Waals surface area contributed by atoms with E-state index in [0.717, 1.165) is 121 Å². The molecule has 0 fully saturated rings. The maximum absolute atomic E-state index is 13.1. The summed E-state index contributed by atoms with van der Waals surface area (Å²) in [5, 5.41) is 10.6. The highest BCUT2D eigenvalue weighted by Crippen LogP contribution is 2.45. The number of phosphoric acid groups is 2. The van der Waals surface area contributed by atoms with Crippen molar-refractivity contribution in [1.82, 2.24) is 0 Å². The maximum Gasteiger partial charge on any atom is 0.472 e. The highest BCUT2D eigenvalue weighted by Gasteiger charge is 2.30. The molecule has 590 valence electrons. The van der Waals surface area contributed by atoms with Gasteiger partial charge in [0.2, 0.25) is 0 Å². The van der Waals surface area contributed by atoms with E-state index in [-0.39, 0.29) is 25.7 Å². The Bertz CT molecular complexity index is 2030. The van der Waals surface area contributed by atoms with Gasteiger partial charge in [-0.15, -0.1) is 0 Å². The molecule has 0 radical (unpaired) electrons. The van der Waals surface area contributed by atoms with Crippen molar-refractivity contribution in [3.05, 3.63) is 24.3 Å². The predicted molar refractivity (Wildman–Crippen MR) is 409 cm³/mol. The Balaban J connectivity index is 5.23. The third-order valence-electron chi connectivity index (χ3n) is 18.3. The van der Waals surface area contributed by atoms with Crippen LogP contribution in [0.3, 0.4) is 0 Å². The van der Waals surface area contributed by atoms with Gasteiger partial charge in [0.1, 0.15) is 19.3 Å². The van der Waals surface area contributed by atoms with Crippen molar-refractivity contribution in [3.8, 4) is 0 Å². The molecule has 0 aromatic heterocycles. The Hall–Kier alpha value is -2.46. The molecule has 2 unspecified atom stereocenters. The average molecular weight is 1460 g/mol. The fraction of sp³-hybridized carbons (Fsp3) is 0.901.